The first-order valence-electron chi connectivity index (χ1n) is 12.2. The second-order valence-electron chi connectivity index (χ2n) is 8.22. The molecule has 0 rings (SSSR count). The lowest BCUT2D eigenvalue weighted by Gasteiger charge is -2.22. The summed E-state index contributed by atoms with van der Waals surface area (Å²) in [4.78, 5) is 2.79. The van der Waals surface area contributed by atoms with Gasteiger partial charge in [-0.2, -0.15) is 12.6 Å². The standard InChI is InChI=1S/C24H51NS/c1-3-5-7-9-13-17-21-25(22-18-14-10-8-6-4-2)23-19-15-11-12-16-20-24-26/h26H,3-24H2,1-2H3. The lowest BCUT2D eigenvalue weighted by molar-refractivity contribution is 0.254. The molecule has 0 spiro atoms. The normalized spacial score (nSPS) is 11.5. The van der Waals surface area contributed by atoms with Crippen molar-refractivity contribution in [3.05, 3.63) is 0 Å². The Bertz CT molecular complexity index is 228. The Labute approximate surface area is 172 Å². The topological polar surface area (TPSA) is 3.24 Å². The Morgan fingerprint density at radius 2 is 0.731 bits per heavy atom. The lowest BCUT2D eigenvalue weighted by Crippen LogP contribution is -2.27. The fourth-order valence-corrected chi connectivity index (χ4v) is 3.94. The second kappa shape index (κ2) is 23.3. The van der Waals surface area contributed by atoms with Crippen molar-refractivity contribution in [1.82, 2.24) is 4.90 Å². The molecular formula is C24H51NS. The minimum atomic E-state index is 1.06. The smallest absolute Gasteiger partial charge is 0.00187 e. The van der Waals surface area contributed by atoms with E-state index in [-0.39, 0.29) is 0 Å². The minimum Gasteiger partial charge on any atom is -0.303 e. The van der Waals surface area contributed by atoms with E-state index in [9.17, 15) is 0 Å². The average Bonchev–Trinajstić information content (AvgIpc) is 2.65. The van der Waals surface area contributed by atoms with E-state index in [1.165, 1.54) is 135 Å². The van der Waals surface area contributed by atoms with E-state index in [1.54, 1.807) is 0 Å². The lowest BCUT2D eigenvalue weighted by atomic mass is 10.1. The molecule has 0 aromatic carbocycles. The Kier molecular flexibility index (Phi) is 23.6. The zero-order chi connectivity index (χ0) is 19.1. The molecule has 2 heteroatoms. The summed E-state index contributed by atoms with van der Waals surface area (Å²) in [6.07, 6.45) is 25.4. The third-order valence-electron chi connectivity index (χ3n) is 5.54. The van der Waals surface area contributed by atoms with Crippen LogP contribution in [0.3, 0.4) is 0 Å². The Morgan fingerprint density at radius 1 is 0.423 bits per heavy atom. The molecule has 0 atom stereocenters. The molecule has 0 N–H and O–H groups in total. The number of hydrogen-bond acceptors (Lipinski definition) is 2. The molecular weight excluding hydrogens is 334 g/mol. The van der Waals surface area contributed by atoms with Crippen molar-refractivity contribution >= 4 is 12.6 Å². The van der Waals surface area contributed by atoms with Crippen LogP contribution in [0.4, 0.5) is 0 Å². The fourth-order valence-electron chi connectivity index (χ4n) is 3.72. The molecule has 0 amide bonds. The Hall–Kier alpha value is 0.310. The van der Waals surface area contributed by atoms with Crippen LogP contribution in [0, 0.1) is 0 Å². The predicted molar refractivity (Wildman–Crippen MR) is 125 cm³/mol. The van der Waals surface area contributed by atoms with Crippen LogP contribution in [-0.4, -0.2) is 30.3 Å². The van der Waals surface area contributed by atoms with E-state index in [0.29, 0.717) is 0 Å². The SMILES string of the molecule is CCCCCCCCN(CCCCCCCC)CCCCCCCCS. The van der Waals surface area contributed by atoms with Gasteiger partial charge in [-0.05, 0) is 51.1 Å². The van der Waals surface area contributed by atoms with Gasteiger partial charge in [0.15, 0.2) is 0 Å². The number of nitrogens with zero attached hydrogens (tertiary/aromatic N) is 1. The molecule has 0 heterocycles. The summed E-state index contributed by atoms with van der Waals surface area (Å²) in [5.41, 5.74) is 0. The maximum atomic E-state index is 4.30. The fraction of sp³-hybridized carbons (Fsp3) is 1.00. The number of hydrogen-bond donors (Lipinski definition) is 1. The van der Waals surface area contributed by atoms with Crippen molar-refractivity contribution in [2.45, 2.75) is 129 Å². The molecule has 0 saturated heterocycles. The van der Waals surface area contributed by atoms with Crippen molar-refractivity contribution in [3.8, 4) is 0 Å². The number of unbranched alkanes of at least 4 members (excludes halogenated alkanes) is 15. The minimum absolute atomic E-state index is 1.06. The second-order valence-corrected chi connectivity index (χ2v) is 8.67. The van der Waals surface area contributed by atoms with Crippen LogP contribution >= 0.6 is 12.6 Å². The first kappa shape index (κ1) is 26.3. The first-order valence-corrected chi connectivity index (χ1v) is 12.8. The monoisotopic (exact) mass is 385 g/mol. The van der Waals surface area contributed by atoms with Crippen LogP contribution in [-0.2, 0) is 0 Å². The summed E-state index contributed by atoms with van der Waals surface area (Å²) < 4.78 is 0. The highest BCUT2D eigenvalue weighted by Gasteiger charge is 2.05. The van der Waals surface area contributed by atoms with Crippen LogP contribution < -0.4 is 0 Å². The molecule has 0 bridgehead atoms. The van der Waals surface area contributed by atoms with Crippen molar-refractivity contribution in [1.29, 1.82) is 0 Å². The zero-order valence-corrected chi connectivity index (χ0v) is 19.3. The summed E-state index contributed by atoms with van der Waals surface area (Å²) in [6, 6.07) is 0. The van der Waals surface area contributed by atoms with Gasteiger partial charge in [0.2, 0.25) is 0 Å². The molecule has 0 aromatic rings. The quantitative estimate of drug-likeness (QED) is 0.145. The van der Waals surface area contributed by atoms with Gasteiger partial charge >= 0.3 is 0 Å². The van der Waals surface area contributed by atoms with Crippen LogP contribution in [0.2, 0.25) is 0 Å². The third-order valence-corrected chi connectivity index (χ3v) is 5.85. The van der Waals surface area contributed by atoms with Crippen LogP contribution in [0.1, 0.15) is 129 Å². The predicted octanol–water partition coefficient (Wildman–Crippen LogP) is 8.28. The van der Waals surface area contributed by atoms with Crippen LogP contribution in [0.15, 0.2) is 0 Å². The molecule has 26 heavy (non-hydrogen) atoms. The van der Waals surface area contributed by atoms with Crippen LogP contribution in [0.5, 0.6) is 0 Å². The van der Waals surface area contributed by atoms with Gasteiger partial charge in [0, 0.05) is 0 Å². The van der Waals surface area contributed by atoms with Gasteiger partial charge in [0.1, 0.15) is 0 Å². The average molecular weight is 386 g/mol. The van der Waals surface area contributed by atoms with Crippen molar-refractivity contribution in [2.75, 3.05) is 25.4 Å². The van der Waals surface area contributed by atoms with Gasteiger partial charge in [-0.15, -0.1) is 0 Å². The Balaban J connectivity index is 3.77. The van der Waals surface area contributed by atoms with Crippen molar-refractivity contribution in [2.24, 2.45) is 0 Å². The summed E-state index contributed by atoms with van der Waals surface area (Å²) in [6.45, 7) is 8.65. The highest BCUT2D eigenvalue weighted by Crippen LogP contribution is 2.11. The molecule has 0 aliphatic heterocycles. The van der Waals surface area contributed by atoms with E-state index in [0.717, 1.165) is 5.75 Å². The Morgan fingerprint density at radius 3 is 1.08 bits per heavy atom. The van der Waals surface area contributed by atoms with E-state index in [1.807, 2.05) is 0 Å². The summed E-state index contributed by atoms with van der Waals surface area (Å²) in [5, 5.41) is 0. The van der Waals surface area contributed by atoms with Gasteiger partial charge in [0.25, 0.3) is 0 Å². The summed E-state index contributed by atoms with van der Waals surface area (Å²) in [5.74, 6) is 1.06. The van der Waals surface area contributed by atoms with Crippen LogP contribution in [0.25, 0.3) is 0 Å². The summed E-state index contributed by atoms with van der Waals surface area (Å²) in [7, 11) is 0. The van der Waals surface area contributed by atoms with Crippen molar-refractivity contribution < 1.29 is 0 Å². The molecule has 0 aromatic heterocycles. The number of thiol groups is 1. The van der Waals surface area contributed by atoms with Gasteiger partial charge in [0.05, 0.1) is 0 Å². The highest BCUT2D eigenvalue weighted by molar-refractivity contribution is 7.80. The molecule has 0 saturated carbocycles. The van der Waals surface area contributed by atoms with Crippen molar-refractivity contribution in [3.63, 3.8) is 0 Å². The largest absolute Gasteiger partial charge is 0.303 e. The third kappa shape index (κ3) is 20.6. The molecule has 0 radical (unpaired) electrons. The van der Waals surface area contributed by atoms with Gasteiger partial charge < -0.3 is 4.90 Å². The molecule has 158 valence electrons. The van der Waals surface area contributed by atoms with E-state index < -0.39 is 0 Å². The van der Waals surface area contributed by atoms with E-state index in [2.05, 4.69) is 31.4 Å². The summed E-state index contributed by atoms with van der Waals surface area (Å²) >= 11 is 4.30. The maximum absolute atomic E-state index is 4.30. The zero-order valence-electron chi connectivity index (χ0n) is 18.5. The van der Waals surface area contributed by atoms with E-state index >= 15 is 0 Å². The van der Waals surface area contributed by atoms with Gasteiger partial charge in [-0.25, -0.2) is 0 Å². The number of rotatable bonds is 22. The molecule has 0 unspecified atom stereocenters. The molecule has 0 fully saturated rings. The van der Waals surface area contributed by atoms with E-state index in [4.69, 9.17) is 0 Å². The first-order chi connectivity index (χ1) is 12.8. The molecule has 1 nitrogen and oxygen atoms in total. The molecule has 0 aliphatic rings. The van der Waals surface area contributed by atoms with Gasteiger partial charge in [-0.3, -0.25) is 0 Å². The molecule has 0 aliphatic carbocycles. The maximum Gasteiger partial charge on any atom is -0.00187 e. The van der Waals surface area contributed by atoms with Gasteiger partial charge in [-0.1, -0.05) is 104 Å². The highest BCUT2D eigenvalue weighted by atomic mass is 32.1.